The quantitative estimate of drug-likeness (QED) is 0.438. The lowest BCUT2D eigenvalue weighted by Crippen LogP contribution is -2.53. The second kappa shape index (κ2) is 8.22. The highest BCUT2D eigenvalue weighted by Gasteiger charge is 2.77. The molecule has 28 heavy (non-hydrogen) atoms. The number of nitrogens with one attached hydrogen (secondary N) is 1. The minimum Gasteiger partial charge on any atom is -0.466 e. The van der Waals surface area contributed by atoms with E-state index in [1.165, 1.54) is 0 Å². The number of unbranched alkanes of at least 4 members (excludes halogenated alkanes) is 1. The largest absolute Gasteiger partial charge is 0.466 e. The van der Waals surface area contributed by atoms with Crippen LogP contribution in [0.4, 0.5) is 0 Å². The van der Waals surface area contributed by atoms with Crippen molar-refractivity contribution in [3.05, 3.63) is 0 Å². The number of aliphatic hydroxyl groups excluding tert-OH is 1. The van der Waals surface area contributed by atoms with Crippen molar-refractivity contribution in [2.45, 2.75) is 68.4 Å². The number of hydrogen-bond donors (Lipinski definition) is 2. The minimum absolute atomic E-state index is 0.0439. The molecule has 0 aromatic rings. The maximum Gasteiger partial charge on any atom is 0.311 e. The predicted molar refractivity (Wildman–Crippen MR) is 107 cm³/mol. The van der Waals surface area contributed by atoms with Crippen molar-refractivity contribution in [2.24, 2.45) is 11.8 Å². The van der Waals surface area contributed by atoms with Crippen LogP contribution in [-0.4, -0.2) is 69.6 Å². The molecule has 5 atom stereocenters. The number of ether oxygens (including phenoxy) is 1. The summed E-state index contributed by atoms with van der Waals surface area (Å²) in [5, 5.41) is 12.3. The first-order chi connectivity index (χ1) is 13.4. The third-order valence-electron chi connectivity index (χ3n) is 6.45. The molecule has 0 aliphatic carbocycles. The van der Waals surface area contributed by atoms with Crippen molar-refractivity contribution in [1.29, 1.82) is 0 Å². The Hall–Kier alpha value is -1.28. The van der Waals surface area contributed by atoms with Gasteiger partial charge in [0.15, 0.2) is 0 Å². The van der Waals surface area contributed by atoms with Gasteiger partial charge in [-0.15, -0.1) is 11.8 Å². The van der Waals surface area contributed by atoms with Gasteiger partial charge in [0, 0.05) is 24.4 Å². The number of aliphatic hydroxyl groups is 1. The van der Waals surface area contributed by atoms with Crippen LogP contribution in [0.3, 0.4) is 0 Å². The molecule has 8 heteroatoms. The molecule has 2 unspecified atom stereocenters. The molecule has 3 fully saturated rings. The number of carbonyl (C=O) groups excluding carboxylic acids is 3. The first-order valence-electron chi connectivity index (χ1n) is 10.4. The number of fused-ring (bicyclic) bond motifs is 1. The van der Waals surface area contributed by atoms with Crippen LogP contribution in [0.5, 0.6) is 0 Å². The summed E-state index contributed by atoms with van der Waals surface area (Å²) in [6.45, 7) is 7.00. The summed E-state index contributed by atoms with van der Waals surface area (Å²) in [6.07, 6.45) is 3.80. The van der Waals surface area contributed by atoms with Crippen LogP contribution < -0.4 is 5.32 Å². The number of likely N-dealkylation sites (tertiary alicyclic amines) is 1. The Morgan fingerprint density at radius 3 is 2.71 bits per heavy atom. The van der Waals surface area contributed by atoms with Crippen molar-refractivity contribution < 1.29 is 24.2 Å². The van der Waals surface area contributed by atoms with Gasteiger partial charge in [-0.2, -0.15) is 0 Å². The molecular formula is C20H32N2O5S. The summed E-state index contributed by atoms with van der Waals surface area (Å²) in [6, 6.07) is -0.598. The van der Waals surface area contributed by atoms with E-state index >= 15 is 0 Å². The summed E-state index contributed by atoms with van der Waals surface area (Å²) in [5.41, 5.74) is 0. The van der Waals surface area contributed by atoms with Crippen molar-refractivity contribution in [3.63, 3.8) is 0 Å². The molecule has 2 N–H and O–H groups in total. The van der Waals surface area contributed by atoms with Gasteiger partial charge in [0.1, 0.15) is 6.04 Å². The standard InChI is InChI=1S/C20H32N2O5S/c1-4-6-10-21-16(24)15-20-9-8-19(3,28-20)14(18(26)27-5-2)13(20)17(25)22(15)11-7-12-23/h13-15,23H,4-12H2,1-3H3,(H,21,24)/t13-,14+,15?,19-,20?/m0/s1. The summed E-state index contributed by atoms with van der Waals surface area (Å²) < 4.78 is 4.36. The summed E-state index contributed by atoms with van der Waals surface area (Å²) in [5.74, 6) is -1.66. The molecule has 0 aromatic carbocycles. The van der Waals surface area contributed by atoms with Crippen LogP contribution in [0.25, 0.3) is 0 Å². The fourth-order valence-corrected chi connectivity index (χ4v) is 7.63. The molecule has 2 amide bonds. The molecule has 2 bridgehead atoms. The number of esters is 1. The molecule has 0 radical (unpaired) electrons. The number of hydrogen-bond acceptors (Lipinski definition) is 6. The zero-order chi connectivity index (χ0) is 20.5. The highest BCUT2D eigenvalue weighted by atomic mass is 32.2. The zero-order valence-electron chi connectivity index (χ0n) is 17.0. The van der Waals surface area contributed by atoms with Crippen LogP contribution in [0, 0.1) is 11.8 Å². The molecular weight excluding hydrogens is 380 g/mol. The Bertz CT molecular complexity index is 644. The summed E-state index contributed by atoms with van der Waals surface area (Å²) in [4.78, 5) is 41.0. The van der Waals surface area contributed by atoms with E-state index in [2.05, 4.69) is 12.2 Å². The Labute approximate surface area is 170 Å². The maximum atomic E-state index is 13.4. The topological polar surface area (TPSA) is 95.9 Å². The first-order valence-corrected chi connectivity index (χ1v) is 11.2. The van der Waals surface area contributed by atoms with E-state index in [0.717, 1.165) is 25.7 Å². The second-order valence-electron chi connectivity index (χ2n) is 8.23. The first kappa shape index (κ1) is 21.4. The smallest absolute Gasteiger partial charge is 0.311 e. The normalized spacial score (nSPS) is 35.9. The summed E-state index contributed by atoms with van der Waals surface area (Å²) >= 11 is 1.64. The van der Waals surface area contributed by atoms with Gasteiger partial charge in [0.2, 0.25) is 11.8 Å². The van der Waals surface area contributed by atoms with E-state index in [0.29, 0.717) is 19.5 Å². The van der Waals surface area contributed by atoms with Crippen molar-refractivity contribution in [3.8, 4) is 0 Å². The SMILES string of the molecule is CCCCNC(=O)C1N(CCCO)C(=O)[C@@H]2[C@H](C(=O)OCC)[C@]3(C)CCC12S3. The Morgan fingerprint density at radius 2 is 2.07 bits per heavy atom. The lowest BCUT2D eigenvalue weighted by molar-refractivity contribution is -0.155. The highest BCUT2D eigenvalue weighted by Crippen LogP contribution is 2.71. The van der Waals surface area contributed by atoms with Gasteiger partial charge in [-0.3, -0.25) is 14.4 Å². The molecule has 1 spiro atoms. The molecule has 0 aromatic heterocycles. The van der Waals surface area contributed by atoms with Gasteiger partial charge in [0.05, 0.1) is 23.2 Å². The molecule has 3 heterocycles. The zero-order valence-corrected chi connectivity index (χ0v) is 17.8. The third-order valence-corrected chi connectivity index (χ3v) is 8.44. The Morgan fingerprint density at radius 1 is 1.32 bits per heavy atom. The monoisotopic (exact) mass is 412 g/mol. The van der Waals surface area contributed by atoms with E-state index in [4.69, 9.17) is 4.74 Å². The van der Waals surface area contributed by atoms with Gasteiger partial charge in [-0.25, -0.2) is 0 Å². The van der Waals surface area contributed by atoms with Crippen LogP contribution in [0.2, 0.25) is 0 Å². The molecule has 7 nitrogen and oxygen atoms in total. The van der Waals surface area contributed by atoms with Crippen molar-refractivity contribution >= 4 is 29.5 Å². The number of amides is 2. The fraction of sp³-hybridized carbons (Fsp3) is 0.850. The fourth-order valence-electron chi connectivity index (χ4n) is 5.28. The number of nitrogens with zero attached hydrogens (tertiary/aromatic N) is 1. The van der Waals surface area contributed by atoms with Gasteiger partial charge in [-0.1, -0.05) is 13.3 Å². The Kier molecular flexibility index (Phi) is 6.29. The molecule has 3 aliphatic heterocycles. The maximum absolute atomic E-state index is 13.4. The van der Waals surface area contributed by atoms with E-state index in [1.54, 1.807) is 23.6 Å². The lowest BCUT2D eigenvalue weighted by atomic mass is 9.66. The van der Waals surface area contributed by atoms with E-state index in [-0.39, 0.29) is 35.7 Å². The van der Waals surface area contributed by atoms with Gasteiger partial charge in [0.25, 0.3) is 0 Å². The molecule has 0 saturated carbocycles. The molecule has 3 saturated heterocycles. The van der Waals surface area contributed by atoms with Crippen molar-refractivity contribution in [1.82, 2.24) is 10.2 Å². The van der Waals surface area contributed by atoms with Crippen LogP contribution in [-0.2, 0) is 19.1 Å². The lowest BCUT2D eigenvalue weighted by Gasteiger charge is -2.34. The minimum atomic E-state index is -0.598. The average molecular weight is 413 g/mol. The second-order valence-corrected chi connectivity index (χ2v) is 10.1. The van der Waals surface area contributed by atoms with Crippen LogP contribution in [0.15, 0.2) is 0 Å². The molecule has 158 valence electrons. The number of rotatable bonds is 9. The third kappa shape index (κ3) is 3.22. The number of thioether (sulfide) groups is 1. The highest BCUT2D eigenvalue weighted by molar-refractivity contribution is 8.02. The van der Waals surface area contributed by atoms with Crippen molar-refractivity contribution in [2.75, 3.05) is 26.3 Å². The molecule has 3 rings (SSSR count). The van der Waals surface area contributed by atoms with Gasteiger partial charge < -0.3 is 20.1 Å². The van der Waals surface area contributed by atoms with E-state index in [9.17, 15) is 19.5 Å². The average Bonchev–Trinajstić information content (AvgIpc) is 3.21. The van der Waals surface area contributed by atoms with Gasteiger partial charge >= 0.3 is 5.97 Å². The van der Waals surface area contributed by atoms with Gasteiger partial charge in [-0.05, 0) is 39.5 Å². The molecule has 3 aliphatic rings. The van der Waals surface area contributed by atoms with E-state index < -0.39 is 22.6 Å². The Balaban J connectivity index is 1.95. The number of carbonyl (C=O) groups is 3. The summed E-state index contributed by atoms with van der Waals surface area (Å²) in [7, 11) is 0. The van der Waals surface area contributed by atoms with Crippen LogP contribution in [0.1, 0.15) is 52.9 Å². The van der Waals surface area contributed by atoms with Crippen LogP contribution >= 0.6 is 11.8 Å². The van der Waals surface area contributed by atoms with E-state index in [1.807, 2.05) is 6.92 Å². The predicted octanol–water partition coefficient (Wildman–Crippen LogP) is 1.33.